The van der Waals surface area contributed by atoms with Gasteiger partial charge in [0.15, 0.2) is 0 Å². The van der Waals surface area contributed by atoms with Crippen LogP contribution in [-0.4, -0.2) is 10.8 Å². The monoisotopic (exact) mass is 371 g/mol. The number of benzene rings is 2. The molecule has 0 N–H and O–H groups in total. The van der Waals surface area contributed by atoms with Crippen LogP contribution < -0.4 is 4.80 Å². The summed E-state index contributed by atoms with van der Waals surface area (Å²) in [6.07, 6.45) is 6.94. The number of hydrogen-bond acceptors (Lipinski definition) is 4. The van der Waals surface area contributed by atoms with E-state index in [9.17, 15) is 0 Å². The first-order chi connectivity index (χ1) is 13.4. The van der Waals surface area contributed by atoms with E-state index in [2.05, 4.69) is 44.4 Å². The molecule has 0 atom stereocenters. The summed E-state index contributed by atoms with van der Waals surface area (Å²) in [7, 11) is 0. The molecule has 132 valence electrons. The average molecular weight is 371 g/mol. The summed E-state index contributed by atoms with van der Waals surface area (Å²) >= 11 is 1.56. The number of furan rings is 1. The maximum absolute atomic E-state index is 5.25. The number of rotatable bonds is 5. The van der Waals surface area contributed by atoms with Gasteiger partial charge in [0.1, 0.15) is 5.76 Å². The van der Waals surface area contributed by atoms with Crippen molar-refractivity contribution in [1.82, 2.24) is 4.57 Å². The molecule has 27 heavy (non-hydrogen) atoms. The minimum atomic E-state index is 0.781. The molecule has 4 nitrogen and oxygen atoms in total. The van der Waals surface area contributed by atoms with Gasteiger partial charge in [-0.25, -0.2) is 0 Å². The molecule has 2 heterocycles. The molecule has 0 saturated carbocycles. The van der Waals surface area contributed by atoms with E-state index in [0.29, 0.717) is 0 Å². The molecule has 0 spiro atoms. The molecule has 0 saturated heterocycles. The highest BCUT2D eigenvalue weighted by Crippen LogP contribution is 2.23. The van der Waals surface area contributed by atoms with Crippen molar-refractivity contribution in [3.05, 3.63) is 101 Å². The Morgan fingerprint density at radius 1 is 0.889 bits per heavy atom. The van der Waals surface area contributed by atoms with Crippen molar-refractivity contribution in [2.75, 3.05) is 0 Å². The molecule has 0 amide bonds. The zero-order valence-electron chi connectivity index (χ0n) is 14.5. The summed E-state index contributed by atoms with van der Waals surface area (Å²) in [6.45, 7) is 0. The van der Waals surface area contributed by atoms with Gasteiger partial charge in [-0.1, -0.05) is 48.5 Å². The molecule has 0 aliphatic carbocycles. The molecule has 0 fully saturated rings. The lowest BCUT2D eigenvalue weighted by Crippen LogP contribution is -2.13. The van der Waals surface area contributed by atoms with Gasteiger partial charge in [-0.2, -0.15) is 5.10 Å². The molecular weight excluding hydrogens is 354 g/mol. The van der Waals surface area contributed by atoms with Gasteiger partial charge in [0.05, 0.1) is 12.0 Å². The van der Waals surface area contributed by atoms with Gasteiger partial charge >= 0.3 is 0 Å². The van der Waals surface area contributed by atoms with Gasteiger partial charge in [0.2, 0.25) is 4.80 Å². The summed E-state index contributed by atoms with van der Waals surface area (Å²) in [4.78, 5) is 0.808. The smallest absolute Gasteiger partial charge is 0.215 e. The van der Waals surface area contributed by atoms with Crippen LogP contribution in [0.4, 0.5) is 0 Å². The Kier molecular flexibility index (Phi) is 5.22. The van der Waals surface area contributed by atoms with Gasteiger partial charge in [0.25, 0.3) is 0 Å². The van der Waals surface area contributed by atoms with Crippen LogP contribution in [0.25, 0.3) is 23.0 Å². The van der Waals surface area contributed by atoms with E-state index in [1.807, 2.05) is 54.6 Å². The van der Waals surface area contributed by atoms with Crippen molar-refractivity contribution in [1.29, 1.82) is 0 Å². The molecular formula is C22H17N3OS. The molecule has 0 unspecified atom stereocenters. The maximum atomic E-state index is 5.25. The topological polar surface area (TPSA) is 42.8 Å². The first-order valence-corrected chi connectivity index (χ1v) is 9.38. The van der Waals surface area contributed by atoms with Crippen molar-refractivity contribution >= 4 is 23.6 Å². The summed E-state index contributed by atoms with van der Waals surface area (Å²) in [6, 6.07) is 24.2. The molecule has 5 heteroatoms. The van der Waals surface area contributed by atoms with Crippen LogP contribution in [0.15, 0.2) is 105 Å². The van der Waals surface area contributed by atoms with Crippen LogP contribution in [0.1, 0.15) is 5.76 Å². The predicted octanol–water partition coefficient (Wildman–Crippen LogP) is 5.40. The first kappa shape index (κ1) is 17.0. The lowest BCUT2D eigenvalue weighted by atomic mass is 10.1. The number of allylic oxidation sites excluding steroid dienone is 1. The number of hydrogen-bond donors (Lipinski definition) is 0. The highest BCUT2D eigenvalue weighted by molar-refractivity contribution is 7.07. The second-order valence-electron chi connectivity index (χ2n) is 5.68. The molecule has 0 bridgehead atoms. The minimum absolute atomic E-state index is 0.781. The quantitative estimate of drug-likeness (QED) is 0.342. The zero-order valence-corrected chi connectivity index (χ0v) is 15.3. The van der Waals surface area contributed by atoms with E-state index in [4.69, 9.17) is 4.42 Å². The Morgan fingerprint density at radius 2 is 1.67 bits per heavy atom. The van der Waals surface area contributed by atoms with Gasteiger partial charge < -0.3 is 4.42 Å². The highest BCUT2D eigenvalue weighted by Gasteiger charge is 2.09. The summed E-state index contributed by atoms with van der Waals surface area (Å²) in [5.74, 6) is 0.781. The van der Waals surface area contributed by atoms with Crippen LogP contribution in [0.3, 0.4) is 0 Å². The first-order valence-electron chi connectivity index (χ1n) is 8.50. The van der Waals surface area contributed by atoms with Crippen molar-refractivity contribution in [2.24, 2.45) is 10.2 Å². The van der Waals surface area contributed by atoms with Crippen LogP contribution >= 0.6 is 11.3 Å². The SMILES string of the molecule is C(=C\c1ccco1)/C=N/N=c1/scc(-c2ccccc2)n1-c1ccccc1. The minimum Gasteiger partial charge on any atom is -0.465 e. The fourth-order valence-electron chi connectivity index (χ4n) is 2.66. The molecule has 0 radical (unpaired) electrons. The van der Waals surface area contributed by atoms with Gasteiger partial charge in [0, 0.05) is 17.3 Å². The fraction of sp³-hybridized carbons (Fsp3) is 0. The van der Waals surface area contributed by atoms with Crippen LogP contribution in [0, 0.1) is 0 Å². The second kappa shape index (κ2) is 8.29. The van der Waals surface area contributed by atoms with E-state index < -0.39 is 0 Å². The van der Waals surface area contributed by atoms with E-state index >= 15 is 0 Å². The summed E-state index contributed by atoms with van der Waals surface area (Å²) in [5, 5.41) is 10.7. The number of nitrogens with zero attached hydrogens (tertiary/aromatic N) is 3. The Morgan fingerprint density at radius 3 is 2.41 bits per heavy atom. The number of thiazole rings is 1. The van der Waals surface area contributed by atoms with Crippen molar-refractivity contribution in [2.45, 2.75) is 0 Å². The Balaban J connectivity index is 1.71. The number of para-hydroxylation sites is 1. The molecule has 0 aliphatic rings. The van der Waals surface area contributed by atoms with Crippen LogP contribution in [0.5, 0.6) is 0 Å². The standard InChI is InChI=1S/C22H17N3OS/c1-3-9-18(10-4-1)21-17-27-22(25(21)19-11-5-2-6-12-19)24-23-15-7-13-20-14-8-16-26-20/h1-17H/b13-7+,23-15+,24-22+. The third-order valence-electron chi connectivity index (χ3n) is 3.89. The molecule has 0 aliphatic heterocycles. The Labute approximate surface area is 161 Å². The average Bonchev–Trinajstić information content (AvgIpc) is 3.39. The van der Waals surface area contributed by atoms with E-state index in [1.165, 1.54) is 0 Å². The van der Waals surface area contributed by atoms with Gasteiger partial charge in [-0.05, 0) is 42.0 Å². The van der Waals surface area contributed by atoms with Gasteiger partial charge in [-0.15, -0.1) is 16.4 Å². The van der Waals surface area contributed by atoms with Crippen LogP contribution in [-0.2, 0) is 0 Å². The maximum Gasteiger partial charge on any atom is 0.215 e. The fourth-order valence-corrected chi connectivity index (χ4v) is 3.53. The van der Waals surface area contributed by atoms with Crippen molar-refractivity contribution in [3.63, 3.8) is 0 Å². The third-order valence-corrected chi connectivity index (χ3v) is 4.71. The third kappa shape index (κ3) is 4.04. The Hall–Kier alpha value is -3.44. The molecule has 4 aromatic rings. The van der Waals surface area contributed by atoms with Crippen LogP contribution in [0.2, 0.25) is 0 Å². The summed E-state index contributed by atoms with van der Waals surface area (Å²) < 4.78 is 7.37. The molecule has 2 aromatic heterocycles. The largest absolute Gasteiger partial charge is 0.465 e. The summed E-state index contributed by atoms with van der Waals surface area (Å²) in [5.41, 5.74) is 3.28. The predicted molar refractivity (Wildman–Crippen MR) is 111 cm³/mol. The van der Waals surface area contributed by atoms with E-state index in [-0.39, 0.29) is 0 Å². The molecule has 2 aromatic carbocycles. The molecule has 4 rings (SSSR count). The highest BCUT2D eigenvalue weighted by atomic mass is 32.1. The van der Waals surface area contributed by atoms with E-state index in [0.717, 1.165) is 27.5 Å². The van der Waals surface area contributed by atoms with Crippen molar-refractivity contribution in [3.8, 4) is 16.9 Å². The lowest BCUT2D eigenvalue weighted by molar-refractivity contribution is 0.557. The zero-order chi connectivity index (χ0) is 18.3. The Bertz CT molecular complexity index is 1110. The van der Waals surface area contributed by atoms with Crippen molar-refractivity contribution < 1.29 is 4.42 Å². The van der Waals surface area contributed by atoms with Gasteiger partial charge in [-0.3, -0.25) is 4.57 Å². The normalized spacial score (nSPS) is 12.4. The number of aromatic nitrogens is 1. The van der Waals surface area contributed by atoms with E-state index in [1.54, 1.807) is 29.9 Å². The second-order valence-corrected chi connectivity index (χ2v) is 6.52. The lowest BCUT2D eigenvalue weighted by Gasteiger charge is -2.08.